The molecule has 142 valence electrons. The Bertz CT molecular complexity index is 1100. The van der Waals surface area contributed by atoms with Crippen molar-refractivity contribution in [2.75, 3.05) is 12.1 Å². The van der Waals surface area contributed by atoms with Crippen molar-refractivity contribution >= 4 is 34.9 Å². The SMILES string of the molecule is O=C1CC(c2cccc(Cl)c2Cl)c2cnn(Cc3ccc4c(c3)OCO4)c2N1. The largest absolute Gasteiger partial charge is 0.454 e. The van der Waals surface area contributed by atoms with E-state index in [1.54, 1.807) is 16.9 Å². The molecule has 0 spiro atoms. The third-order valence-corrected chi connectivity index (χ3v) is 5.85. The second-order valence-electron chi connectivity index (χ2n) is 6.74. The van der Waals surface area contributed by atoms with Gasteiger partial charge < -0.3 is 14.8 Å². The van der Waals surface area contributed by atoms with E-state index in [-0.39, 0.29) is 18.6 Å². The Morgan fingerprint density at radius 1 is 1.14 bits per heavy atom. The second kappa shape index (κ2) is 6.72. The predicted octanol–water partition coefficient (Wildman–Crippen LogP) is 4.44. The van der Waals surface area contributed by atoms with Crippen LogP contribution >= 0.6 is 23.2 Å². The van der Waals surface area contributed by atoms with Crippen molar-refractivity contribution in [2.24, 2.45) is 0 Å². The average Bonchev–Trinajstić information content (AvgIpc) is 3.30. The van der Waals surface area contributed by atoms with E-state index in [1.165, 1.54) is 0 Å². The molecule has 2 aliphatic heterocycles. The Morgan fingerprint density at radius 3 is 2.89 bits per heavy atom. The number of nitrogens with one attached hydrogen (secondary N) is 1. The summed E-state index contributed by atoms with van der Waals surface area (Å²) in [5.74, 6) is 1.85. The molecular formula is C20H15Cl2N3O3. The molecule has 0 fully saturated rings. The summed E-state index contributed by atoms with van der Waals surface area (Å²) >= 11 is 12.6. The summed E-state index contributed by atoms with van der Waals surface area (Å²) in [5.41, 5.74) is 2.74. The van der Waals surface area contributed by atoms with Gasteiger partial charge in [0.1, 0.15) is 5.82 Å². The Balaban J connectivity index is 1.51. The normalized spacial score (nSPS) is 17.4. The van der Waals surface area contributed by atoms with Crippen molar-refractivity contribution in [2.45, 2.75) is 18.9 Å². The standard InChI is InChI=1S/C20H15Cl2N3O3/c21-15-3-1-2-12(19(15)22)13-7-18(26)24-20-14(13)8-23-25(20)9-11-4-5-16-17(6-11)28-10-27-16/h1-6,8,13H,7,9-10H2,(H,24,26). The maximum Gasteiger partial charge on any atom is 0.231 e. The maximum atomic E-state index is 12.4. The fraction of sp³-hybridized carbons (Fsp3) is 0.200. The molecule has 2 aliphatic rings. The van der Waals surface area contributed by atoms with Crippen LogP contribution in [0.2, 0.25) is 10.0 Å². The summed E-state index contributed by atoms with van der Waals surface area (Å²) in [6.07, 6.45) is 2.08. The van der Waals surface area contributed by atoms with Crippen molar-refractivity contribution < 1.29 is 14.3 Å². The van der Waals surface area contributed by atoms with E-state index in [4.69, 9.17) is 32.7 Å². The van der Waals surface area contributed by atoms with E-state index in [2.05, 4.69) is 10.4 Å². The molecule has 0 saturated carbocycles. The summed E-state index contributed by atoms with van der Waals surface area (Å²) in [5, 5.41) is 8.39. The van der Waals surface area contributed by atoms with Gasteiger partial charge in [0, 0.05) is 17.9 Å². The molecule has 1 atom stereocenters. The zero-order valence-corrected chi connectivity index (χ0v) is 16.1. The van der Waals surface area contributed by atoms with E-state index < -0.39 is 0 Å². The maximum absolute atomic E-state index is 12.4. The molecule has 28 heavy (non-hydrogen) atoms. The third kappa shape index (κ3) is 2.89. The third-order valence-electron chi connectivity index (χ3n) is 5.02. The molecule has 2 aromatic carbocycles. The van der Waals surface area contributed by atoms with Gasteiger partial charge in [-0.05, 0) is 29.3 Å². The van der Waals surface area contributed by atoms with E-state index in [9.17, 15) is 4.79 Å². The zero-order chi connectivity index (χ0) is 19.3. The van der Waals surface area contributed by atoms with Crippen molar-refractivity contribution in [1.29, 1.82) is 0 Å². The van der Waals surface area contributed by atoms with Crippen molar-refractivity contribution in [3.05, 3.63) is 69.3 Å². The Morgan fingerprint density at radius 2 is 2.00 bits per heavy atom. The van der Waals surface area contributed by atoms with Crippen LogP contribution in [0.4, 0.5) is 5.82 Å². The number of rotatable bonds is 3. The smallest absolute Gasteiger partial charge is 0.231 e. The number of ether oxygens (including phenoxy) is 2. The van der Waals surface area contributed by atoms with Crippen LogP contribution < -0.4 is 14.8 Å². The van der Waals surface area contributed by atoms with Crippen LogP contribution in [-0.2, 0) is 11.3 Å². The number of fused-ring (bicyclic) bond motifs is 2. The highest BCUT2D eigenvalue weighted by atomic mass is 35.5. The van der Waals surface area contributed by atoms with Gasteiger partial charge in [0.05, 0.1) is 22.8 Å². The minimum atomic E-state index is -0.194. The number of hydrogen-bond donors (Lipinski definition) is 1. The lowest BCUT2D eigenvalue weighted by atomic mass is 9.87. The lowest BCUT2D eigenvalue weighted by molar-refractivity contribution is -0.116. The molecule has 3 aromatic rings. The fourth-order valence-electron chi connectivity index (χ4n) is 3.67. The number of anilines is 1. The van der Waals surface area contributed by atoms with Gasteiger partial charge in [0.25, 0.3) is 0 Å². The number of amides is 1. The Kier molecular flexibility index (Phi) is 4.18. The van der Waals surface area contributed by atoms with Crippen LogP contribution in [0.3, 0.4) is 0 Å². The lowest BCUT2D eigenvalue weighted by Gasteiger charge is -2.24. The highest BCUT2D eigenvalue weighted by Gasteiger charge is 2.31. The molecule has 1 N–H and O–H groups in total. The van der Waals surface area contributed by atoms with E-state index in [1.807, 2.05) is 30.3 Å². The second-order valence-corrected chi connectivity index (χ2v) is 7.53. The van der Waals surface area contributed by atoms with Gasteiger partial charge in [-0.15, -0.1) is 0 Å². The van der Waals surface area contributed by atoms with Crippen LogP contribution in [0.15, 0.2) is 42.6 Å². The number of nitrogens with zero attached hydrogens (tertiary/aromatic N) is 2. The van der Waals surface area contributed by atoms with Gasteiger partial charge in [-0.2, -0.15) is 5.10 Å². The number of hydrogen-bond acceptors (Lipinski definition) is 4. The van der Waals surface area contributed by atoms with Crippen LogP contribution in [0.25, 0.3) is 0 Å². The van der Waals surface area contributed by atoms with Crippen LogP contribution in [0, 0.1) is 0 Å². The van der Waals surface area contributed by atoms with Crippen molar-refractivity contribution in [3.8, 4) is 11.5 Å². The number of aromatic nitrogens is 2. The van der Waals surface area contributed by atoms with Gasteiger partial charge in [-0.1, -0.05) is 41.4 Å². The molecule has 6 nitrogen and oxygen atoms in total. The first kappa shape index (κ1) is 17.4. The number of halogens is 2. The summed E-state index contributed by atoms with van der Waals surface area (Å²) in [7, 11) is 0. The van der Waals surface area contributed by atoms with Gasteiger partial charge >= 0.3 is 0 Å². The first-order valence-corrected chi connectivity index (χ1v) is 9.54. The van der Waals surface area contributed by atoms with Gasteiger partial charge in [0.15, 0.2) is 11.5 Å². The Labute approximate surface area is 171 Å². The monoisotopic (exact) mass is 415 g/mol. The minimum absolute atomic E-state index is 0.0824. The molecule has 0 radical (unpaired) electrons. The molecule has 1 aromatic heterocycles. The number of carbonyl (C=O) groups excluding carboxylic acids is 1. The topological polar surface area (TPSA) is 65.4 Å². The molecule has 8 heteroatoms. The van der Waals surface area contributed by atoms with Gasteiger partial charge in [-0.25, -0.2) is 4.68 Å². The predicted molar refractivity (Wildman–Crippen MR) is 105 cm³/mol. The molecule has 3 heterocycles. The zero-order valence-electron chi connectivity index (χ0n) is 14.6. The summed E-state index contributed by atoms with van der Waals surface area (Å²) in [4.78, 5) is 12.4. The average molecular weight is 416 g/mol. The minimum Gasteiger partial charge on any atom is -0.454 e. The molecule has 0 aliphatic carbocycles. The Hall–Kier alpha value is -2.70. The van der Waals surface area contributed by atoms with Crippen LogP contribution in [0.5, 0.6) is 11.5 Å². The molecule has 0 saturated heterocycles. The highest BCUT2D eigenvalue weighted by Crippen LogP contribution is 2.42. The number of carbonyl (C=O) groups is 1. The summed E-state index contributed by atoms with van der Waals surface area (Å²) in [6.45, 7) is 0.719. The van der Waals surface area contributed by atoms with Crippen LogP contribution in [0.1, 0.15) is 29.0 Å². The van der Waals surface area contributed by atoms with Crippen LogP contribution in [-0.4, -0.2) is 22.5 Å². The van der Waals surface area contributed by atoms with Crippen molar-refractivity contribution in [3.63, 3.8) is 0 Å². The fourth-order valence-corrected chi connectivity index (χ4v) is 4.11. The molecular weight excluding hydrogens is 401 g/mol. The van der Waals surface area contributed by atoms with Crippen molar-refractivity contribution in [1.82, 2.24) is 9.78 Å². The molecule has 1 amide bonds. The quantitative estimate of drug-likeness (QED) is 0.686. The van der Waals surface area contributed by atoms with E-state index in [0.29, 0.717) is 34.6 Å². The first-order chi connectivity index (χ1) is 13.6. The molecule has 5 rings (SSSR count). The summed E-state index contributed by atoms with van der Waals surface area (Å²) < 4.78 is 12.6. The lowest BCUT2D eigenvalue weighted by Crippen LogP contribution is -2.25. The number of benzene rings is 2. The van der Waals surface area contributed by atoms with Gasteiger partial charge in [-0.3, -0.25) is 4.79 Å². The van der Waals surface area contributed by atoms with E-state index in [0.717, 1.165) is 22.4 Å². The first-order valence-electron chi connectivity index (χ1n) is 8.78. The van der Waals surface area contributed by atoms with Gasteiger partial charge in [0.2, 0.25) is 12.7 Å². The summed E-state index contributed by atoms with van der Waals surface area (Å²) in [6, 6.07) is 11.2. The highest BCUT2D eigenvalue weighted by molar-refractivity contribution is 6.42. The van der Waals surface area contributed by atoms with E-state index >= 15 is 0 Å². The molecule has 0 bridgehead atoms. The molecule has 1 unspecified atom stereocenters.